The molecule has 0 bridgehead atoms. The number of aromatic amines is 1. The highest BCUT2D eigenvalue weighted by atomic mass is 19.4. The quantitative estimate of drug-likeness (QED) is 0.447. The van der Waals surface area contributed by atoms with Crippen LogP contribution in [0.25, 0.3) is 11.4 Å². The maximum Gasteiger partial charge on any atom is 0.416 e. The molecule has 3 N–H and O–H groups in total. The van der Waals surface area contributed by atoms with Crippen molar-refractivity contribution in [3.8, 4) is 11.4 Å². The number of rotatable bonds is 5. The number of aromatic nitrogens is 3. The van der Waals surface area contributed by atoms with Crippen LogP contribution >= 0.6 is 0 Å². The molecule has 0 spiro atoms. The molecule has 0 aliphatic carbocycles. The van der Waals surface area contributed by atoms with Gasteiger partial charge in [0.25, 0.3) is 0 Å². The first-order chi connectivity index (χ1) is 13.9. The number of nitrogens with zero attached hydrogens (tertiary/aromatic N) is 3. The van der Waals surface area contributed by atoms with Gasteiger partial charge in [0.05, 0.1) is 11.6 Å². The van der Waals surface area contributed by atoms with Crippen LogP contribution in [0.4, 0.5) is 13.2 Å². The molecule has 1 heterocycles. The second-order valence-electron chi connectivity index (χ2n) is 6.45. The van der Waals surface area contributed by atoms with E-state index in [0.717, 1.165) is 23.3 Å². The van der Waals surface area contributed by atoms with E-state index in [9.17, 15) is 13.2 Å². The standard InChI is InChI=1S/C20H21F3N6/c1-13(15-6-4-8-17(10-15)20(21,22)23)28-19(24-2)25-11-14-5-3-7-16(9-14)18-26-12-27-29-18/h3-10,12-13H,11H2,1-2H3,(H2,24,25,28)(H,26,27,29). The summed E-state index contributed by atoms with van der Waals surface area (Å²) >= 11 is 0. The summed E-state index contributed by atoms with van der Waals surface area (Å²) in [6, 6.07) is 12.7. The average molecular weight is 402 g/mol. The van der Waals surface area contributed by atoms with Gasteiger partial charge < -0.3 is 10.6 Å². The number of hydrogen-bond acceptors (Lipinski definition) is 3. The van der Waals surface area contributed by atoms with Crippen LogP contribution < -0.4 is 10.6 Å². The Balaban J connectivity index is 1.63. The normalized spacial score (nSPS) is 13.2. The second kappa shape index (κ2) is 8.76. The molecule has 29 heavy (non-hydrogen) atoms. The third-order valence-electron chi connectivity index (χ3n) is 4.37. The van der Waals surface area contributed by atoms with E-state index in [2.05, 4.69) is 30.8 Å². The second-order valence-corrected chi connectivity index (χ2v) is 6.45. The van der Waals surface area contributed by atoms with Gasteiger partial charge in [-0.2, -0.15) is 18.3 Å². The van der Waals surface area contributed by atoms with Gasteiger partial charge >= 0.3 is 6.18 Å². The Hall–Kier alpha value is -3.36. The first kappa shape index (κ1) is 20.4. The Kier molecular flexibility index (Phi) is 6.16. The molecular weight excluding hydrogens is 381 g/mol. The van der Waals surface area contributed by atoms with Crippen LogP contribution in [0.2, 0.25) is 0 Å². The van der Waals surface area contributed by atoms with Crippen molar-refractivity contribution in [3.05, 3.63) is 71.5 Å². The van der Waals surface area contributed by atoms with Gasteiger partial charge in [-0.15, -0.1) is 0 Å². The molecule has 0 saturated heterocycles. The van der Waals surface area contributed by atoms with Crippen molar-refractivity contribution < 1.29 is 13.2 Å². The summed E-state index contributed by atoms with van der Waals surface area (Å²) in [5, 5.41) is 13.0. The van der Waals surface area contributed by atoms with Crippen molar-refractivity contribution in [1.82, 2.24) is 25.8 Å². The SMILES string of the molecule is CN=C(NCc1cccc(-c2ncn[nH]2)c1)NC(C)c1cccc(C(F)(F)F)c1. The Bertz CT molecular complexity index is 966. The smallest absolute Gasteiger partial charge is 0.352 e. The molecule has 152 valence electrons. The number of aliphatic imine (C=N–C) groups is 1. The van der Waals surface area contributed by atoms with E-state index in [0.29, 0.717) is 23.9 Å². The summed E-state index contributed by atoms with van der Waals surface area (Å²) in [5.41, 5.74) is 1.75. The lowest BCUT2D eigenvalue weighted by Crippen LogP contribution is -2.38. The maximum atomic E-state index is 12.9. The molecule has 0 aliphatic heterocycles. The van der Waals surface area contributed by atoms with Crippen LogP contribution in [0.5, 0.6) is 0 Å². The highest BCUT2D eigenvalue weighted by Crippen LogP contribution is 2.30. The lowest BCUT2D eigenvalue weighted by Gasteiger charge is -2.19. The van der Waals surface area contributed by atoms with Crippen molar-refractivity contribution in [1.29, 1.82) is 0 Å². The highest BCUT2D eigenvalue weighted by Gasteiger charge is 2.30. The van der Waals surface area contributed by atoms with Crippen LogP contribution in [-0.2, 0) is 12.7 Å². The fourth-order valence-corrected chi connectivity index (χ4v) is 2.83. The first-order valence-corrected chi connectivity index (χ1v) is 8.96. The molecule has 0 aliphatic rings. The molecule has 3 rings (SSSR count). The van der Waals surface area contributed by atoms with Crippen molar-refractivity contribution in [3.63, 3.8) is 0 Å². The third kappa shape index (κ3) is 5.34. The Morgan fingerprint density at radius 2 is 1.97 bits per heavy atom. The van der Waals surface area contributed by atoms with Gasteiger partial charge in [0.2, 0.25) is 0 Å². The van der Waals surface area contributed by atoms with Crippen molar-refractivity contribution in [2.75, 3.05) is 7.05 Å². The van der Waals surface area contributed by atoms with Gasteiger partial charge in [0, 0.05) is 19.2 Å². The molecule has 0 amide bonds. The van der Waals surface area contributed by atoms with Crippen LogP contribution in [0.15, 0.2) is 59.9 Å². The number of halogens is 3. The molecule has 3 aromatic rings. The summed E-state index contributed by atoms with van der Waals surface area (Å²) in [6.07, 6.45) is -2.93. The van der Waals surface area contributed by atoms with Gasteiger partial charge in [-0.25, -0.2) is 4.98 Å². The van der Waals surface area contributed by atoms with Crippen molar-refractivity contribution >= 4 is 5.96 Å². The van der Waals surface area contributed by atoms with E-state index in [1.54, 1.807) is 20.0 Å². The number of hydrogen-bond donors (Lipinski definition) is 3. The minimum atomic E-state index is -4.37. The third-order valence-corrected chi connectivity index (χ3v) is 4.37. The molecule has 0 radical (unpaired) electrons. The lowest BCUT2D eigenvalue weighted by atomic mass is 10.1. The van der Waals surface area contributed by atoms with Gasteiger partial charge in [-0.05, 0) is 36.2 Å². The number of nitrogens with one attached hydrogen (secondary N) is 3. The molecule has 0 fully saturated rings. The fourth-order valence-electron chi connectivity index (χ4n) is 2.83. The van der Waals surface area contributed by atoms with Gasteiger partial charge in [0.1, 0.15) is 6.33 Å². The zero-order valence-electron chi connectivity index (χ0n) is 16.0. The van der Waals surface area contributed by atoms with E-state index < -0.39 is 11.7 Å². The average Bonchev–Trinajstić information content (AvgIpc) is 3.25. The highest BCUT2D eigenvalue weighted by molar-refractivity contribution is 5.80. The molecule has 1 atom stereocenters. The molecule has 1 aromatic heterocycles. The van der Waals surface area contributed by atoms with Crippen molar-refractivity contribution in [2.45, 2.75) is 25.7 Å². The summed E-state index contributed by atoms with van der Waals surface area (Å²) in [7, 11) is 1.61. The first-order valence-electron chi connectivity index (χ1n) is 8.96. The minimum Gasteiger partial charge on any atom is -0.352 e. The summed E-state index contributed by atoms with van der Waals surface area (Å²) in [4.78, 5) is 8.29. The molecule has 0 saturated carbocycles. The Labute approximate surface area is 166 Å². The zero-order valence-corrected chi connectivity index (χ0v) is 16.0. The van der Waals surface area contributed by atoms with Gasteiger partial charge in [-0.1, -0.05) is 30.3 Å². The van der Waals surface area contributed by atoms with E-state index in [4.69, 9.17) is 0 Å². The van der Waals surface area contributed by atoms with E-state index >= 15 is 0 Å². The van der Waals surface area contributed by atoms with Gasteiger partial charge in [0.15, 0.2) is 11.8 Å². The van der Waals surface area contributed by atoms with Crippen LogP contribution in [0.3, 0.4) is 0 Å². The van der Waals surface area contributed by atoms with E-state index in [-0.39, 0.29) is 6.04 Å². The van der Waals surface area contributed by atoms with Crippen LogP contribution in [0, 0.1) is 0 Å². The molecule has 2 aromatic carbocycles. The fraction of sp³-hybridized carbons (Fsp3) is 0.250. The Morgan fingerprint density at radius 3 is 2.66 bits per heavy atom. The monoisotopic (exact) mass is 402 g/mol. The predicted molar refractivity (Wildman–Crippen MR) is 105 cm³/mol. The van der Waals surface area contributed by atoms with E-state index in [1.165, 1.54) is 12.4 Å². The summed E-state index contributed by atoms with van der Waals surface area (Å²) in [5.74, 6) is 1.16. The number of guanidine groups is 1. The molecule has 1 unspecified atom stereocenters. The van der Waals surface area contributed by atoms with Crippen molar-refractivity contribution in [2.24, 2.45) is 4.99 Å². The number of benzene rings is 2. The molecular formula is C20H21F3N6. The maximum absolute atomic E-state index is 12.9. The minimum absolute atomic E-state index is 0.357. The van der Waals surface area contributed by atoms with Crippen LogP contribution in [0.1, 0.15) is 29.7 Å². The summed E-state index contributed by atoms with van der Waals surface area (Å²) < 4.78 is 38.8. The number of alkyl halides is 3. The molecule has 9 heteroatoms. The molecule has 6 nitrogen and oxygen atoms in total. The van der Waals surface area contributed by atoms with Crippen LogP contribution in [-0.4, -0.2) is 28.2 Å². The largest absolute Gasteiger partial charge is 0.416 e. The summed E-state index contributed by atoms with van der Waals surface area (Å²) in [6.45, 7) is 2.27. The Morgan fingerprint density at radius 1 is 1.17 bits per heavy atom. The topological polar surface area (TPSA) is 78.0 Å². The lowest BCUT2D eigenvalue weighted by molar-refractivity contribution is -0.137. The predicted octanol–water partition coefficient (Wildman–Crippen LogP) is 3.92. The van der Waals surface area contributed by atoms with Gasteiger partial charge in [-0.3, -0.25) is 10.1 Å². The zero-order chi connectivity index (χ0) is 20.9. The number of H-pyrrole nitrogens is 1. The van der Waals surface area contributed by atoms with E-state index in [1.807, 2.05) is 24.3 Å².